The molecular formula is C10H17N5. The van der Waals surface area contributed by atoms with E-state index in [1.165, 1.54) is 19.3 Å². The Bertz CT molecular complexity index is 352. The zero-order chi connectivity index (χ0) is 10.4. The molecule has 1 saturated heterocycles. The van der Waals surface area contributed by atoms with Crippen LogP contribution < -0.4 is 11.1 Å². The van der Waals surface area contributed by atoms with Gasteiger partial charge in [-0.3, -0.25) is 0 Å². The Morgan fingerprint density at radius 2 is 2.33 bits per heavy atom. The fourth-order valence-corrected chi connectivity index (χ4v) is 3.02. The molecule has 5 nitrogen and oxygen atoms in total. The summed E-state index contributed by atoms with van der Waals surface area (Å²) < 4.78 is 1.65. The van der Waals surface area contributed by atoms with Crippen LogP contribution in [0.5, 0.6) is 0 Å². The summed E-state index contributed by atoms with van der Waals surface area (Å²) in [6.45, 7) is 1.12. The van der Waals surface area contributed by atoms with Crippen molar-refractivity contribution in [1.82, 2.24) is 20.1 Å². The molecule has 3 atom stereocenters. The van der Waals surface area contributed by atoms with Gasteiger partial charge < -0.3 is 11.1 Å². The molecule has 0 aromatic carbocycles. The first-order chi connectivity index (χ1) is 7.25. The van der Waals surface area contributed by atoms with E-state index >= 15 is 0 Å². The van der Waals surface area contributed by atoms with Gasteiger partial charge in [-0.2, -0.15) is 10.1 Å². The van der Waals surface area contributed by atoms with Crippen LogP contribution in [-0.4, -0.2) is 21.3 Å². The Balaban J connectivity index is 1.88. The summed E-state index contributed by atoms with van der Waals surface area (Å²) in [5.41, 5.74) is 5.71. The van der Waals surface area contributed by atoms with Gasteiger partial charge in [-0.1, -0.05) is 6.42 Å². The summed E-state index contributed by atoms with van der Waals surface area (Å²) in [5, 5.41) is 7.89. The van der Waals surface area contributed by atoms with Gasteiger partial charge in [0.15, 0.2) is 5.82 Å². The quantitative estimate of drug-likeness (QED) is 0.702. The molecule has 5 heteroatoms. The number of nitrogen functional groups attached to an aromatic ring is 1. The highest BCUT2D eigenvalue weighted by Gasteiger charge is 2.41. The molecule has 2 fully saturated rings. The smallest absolute Gasteiger partial charge is 0.218 e. The molecule has 3 rings (SSSR count). The molecule has 3 unspecified atom stereocenters. The Morgan fingerprint density at radius 1 is 1.47 bits per heavy atom. The minimum atomic E-state index is 0.334. The van der Waals surface area contributed by atoms with E-state index < -0.39 is 0 Å². The number of hydrogen-bond donors (Lipinski definition) is 2. The van der Waals surface area contributed by atoms with E-state index in [1.807, 2.05) is 7.05 Å². The van der Waals surface area contributed by atoms with Crippen molar-refractivity contribution < 1.29 is 0 Å². The third kappa shape index (κ3) is 1.33. The van der Waals surface area contributed by atoms with Gasteiger partial charge in [-0.15, -0.1) is 0 Å². The third-order valence-corrected chi connectivity index (χ3v) is 3.84. The Hall–Kier alpha value is -1.10. The highest BCUT2D eigenvalue weighted by molar-refractivity contribution is 5.18. The van der Waals surface area contributed by atoms with Crippen LogP contribution in [0.4, 0.5) is 5.95 Å². The summed E-state index contributed by atoms with van der Waals surface area (Å²) >= 11 is 0. The van der Waals surface area contributed by atoms with E-state index in [-0.39, 0.29) is 0 Å². The SMILES string of the molecule is Cn1nc(C2NCC3CCCC32)nc1N. The van der Waals surface area contributed by atoms with Crippen LogP contribution in [0, 0.1) is 11.8 Å². The van der Waals surface area contributed by atoms with Crippen molar-refractivity contribution >= 4 is 5.95 Å². The summed E-state index contributed by atoms with van der Waals surface area (Å²) in [6.07, 6.45) is 4.02. The van der Waals surface area contributed by atoms with E-state index in [0.717, 1.165) is 24.2 Å². The first-order valence-corrected chi connectivity index (χ1v) is 5.65. The van der Waals surface area contributed by atoms with Gasteiger partial charge in [-0.05, 0) is 31.2 Å². The molecule has 1 aromatic heterocycles. The molecule has 15 heavy (non-hydrogen) atoms. The predicted octanol–water partition coefficient (Wildman–Crippen LogP) is 0.458. The van der Waals surface area contributed by atoms with Crippen LogP contribution >= 0.6 is 0 Å². The van der Waals surface area contributed by atoms with Crippen molar-refractivity contribution in [2.45, 2.75) is 25.3 Å². The average molecular weight is 207 g/mol. The maximum Gasteiger partial charge on any atom is 0.218 e. The fraction of sp³-hybridized carbons (Fsp3) is 0.800. The summed E-state index contributed by atoms with van der Waals surface area (Å²) in [5.74, 6) is 2.95. The van der Waals surface area contributed by atoms with Crippen molar-refractivity contribution in [3.63, 3.8) is 0 Å². The molecule has 1 aliphatic heterocycles. The largest absolute Gasteiger partial charge is 0.368 e. The third-order valence-electron chi connectivity index (χ3n) is 3.84. The molecule has 0 amide bonds. The summed E-state index contributed by atoms with van der Waals surface area (Å²) in [7, 11) is 1.84. The lowest BCUT2D eigenvalue weighted by molar-refractivity contribution is 0.407. The molecule has 0 radical (unpaired) electrons. The van der Waals surface area contributed by atoms with Gasteiger partial charge in [0.25, 0.3) is 0 Å². The maximum absolute atomic E-state index is 5.71. The lowest BCUT2D eigenvalue weighted by Crippen LogP contribution is -2.19. The number of anilines is 1. The second kappa shape index (κ2) is 3.20. The second-order valence-corrected chi connectivity index (χ2v) is 4.69. The number of nitrogens with one attached hydrogen (secondary N) is 1. The van der Waals surface area contributed by atoms with Crippen LogP contribution in [0.2, 0.25) is 0 Å². The zero-order valence-electron chi connectivity index (χ0n) is 8.98. The molecule has 2 aliphatic rings. The van der Waals surface area contributed by atoms with Crippen molar-refractivity contribution in [1.29, 1.82) is 0 Å². The highest BCUT2D eigenvalue weighted by Crippen LogP contribution is 2.43. The average Bonchev–Trinajstić information content (AvgIpc) is 2.81. The Kier molecular flexibility index (Phi) is 1.95. The summed E-state index contributed by atoms with van der Waals surface area (Å²) in [6, 6.07) is 0.334. The number of aryl methyl sites for hydroxylation is 1. The first-order valence-electron chi connectivity index (χ1n) is 5.65. The predicted molar refractivity (Wildman–Crippen MR) is 57.0 cm³/mol. The monoisotopic (exact) mass is 207 g/mol. The number of hydrogen-bond acceptors (Lipinski definition) is 4. The van der Waals surface area contributed by atoms with Gasteiger partial charge in [0.2, 0.25) is 5.95 Å². The first kappa shape index (κ1) is 9.15. The number of fused-ring (bicyclic) bond motifs is 1. The fourth-order valence-electron chi connectivity index (χ4n) is 3.02. The maximum atomic E-state index is 5.71. The van der Waals surface area contributed by atoms with Crippen molar-refractivity contribution in [2.24, 2.45) is 18.9 Å². The topological polar surface area (TPSA) is 68.8 Å². The van der Waals surface area contributed by atoms with Crippen LogP contribution in [0.25, 0.3) is 0 Å². The molecule has 0 bridgehead atoms. The van der Waals surface area contributed by atoms with Crippen LogP contribution in [0.15, 0.2) is 0 Å². The lowest BCUT2D eigenvalue weighted by atomic mass is 9.94. The van der Waals surface area contributed by atoms with E-state index in [4.69, 9.17) is 5.73 Å². The molecule has 1 aromatic rings. The van der Waals surface area contributed by atoms with Crippen LogP contribution in [-0.2, 0) is 7.05 Å². The normalized spacial score (nSPS) is 34.6. The van der Waals surface area contributed by atoms with Gasteiger partial charge in [-0.25, -0.2) is 4.68 Å². The molecule has 1 saturated carbocycles. The number of rotatable bonds is 1. The number of nitrogens with two attached hydrogens (primary N) is 1. The van der Waals surface area contributed by atoms with E-state index in [0.29, 0.717) is 12.0 Å². The Labute approximate surface area is 89.1 Å². The molecule has 3 N–H and O–H groups in total. The number of aromatic nitrogens is 3. The highest BCUT2D eigenvalue weighted by atomic mass is 15.4. The van der Waals surface area contributed by atoms with Gasteiger partial charge >= 0.3 is 0 Å². The lowest BCUT2D eigenvalue weighted by Gasteiger charge is -2.14. The summed E-state index contributed by atoms with van der Waals surface area (Å²) in [4.78, 5) is 4.32. The van der Waals surface area contributed by atoms with Gasteiger partial charge in [0.1, 0.15) is 0 Å². The zero-order valence-corrected chi connectivity index (χ0v) is 8.98. The van der Waals surface area contributed by atoms with Gasteiger partial charge in [0, 0.05) is 7.05 Å². The molecule has 2 heterocycles. The molecule has 0 spiro atoms. The molecular weight excluding hydrogens is 190 g/mol. The molecule has 1 aliphatic carbocycles. The minimum absolute atomic E-state index is 0.334. The minimum Gasteiger partial charge on any atom is -0.368 e. The van der Waals surface area contributed by atoms with E-state index in [9.17, 15) is 0 Å². The van der Waals surface area contributed by atoms with Crippen molar-refractivity contribution in [2.75, 3.05) is 12.3 Å². The molecule has 82 valence electrons. The van der Waals surface area contributed by atoms with Crippen molar-refractivity contribution in [3.8, 4) is 0 Å². The standard InChI is InChI=1S/C10H17N5/c1-15-10(11)13-9(14-15)8-7-4-2-3-6(7)5-12-8/h6-8,12H,2-5H2,1H3,(H2,11,13,14). The second-order valence-electron chi connectivity index (χ2n) is 4.69. The number of nitrogens with zero attached hydrogens (tertiary/aromatic N) is 3. The van der Waals surface area contributed by atoms with E-state index in [2.05, 4.69) is 15.4 Å². The van der Waals surface area contributed by atoms with Crippen LogP contribution in [0.3, 0.4) is 0 Å². The van der Waals surface area contributed by atoms with Crippen molar-refractivity contribution in [3.05, 3.63) is 5.82 Å². The van der Waals surface area contributed by atoms with Gasteiger partial charge in [0.05, 0.1) is 6.04 Å². The Morgan fingerprint density at radius 3 is 3.07 bits per heavy atom. The van der Waals surface area contributed by atoms with E-state index in [1.54, 1.807) is 4.68 Å². The van der Waals surface area contributed by atoms with Crippen LogP contribution in [0.1, 0.15) is 31.1 Å².